The molecule has 0 aliphatic carbocycles. The summed E-state index contributed by atoms with van der Waals surface area (Å²) in [7, 11) is 0. The van der Waals surface area contributed by atoms with Crippen molar-refractivity contribution >= 4 is 35.0 Å². The molecule has 0 unspecified atom stereocenters. The fourth-order valence-electron chi connectivity index (χ4n) is 1.90. The largest absolute Gasteiger partial charge is 0.493 e. The van der Waals surface area contributed by atoms with Crippen LogP contribution in [0.1, 0.15) is 25.3 Å². The lowest BCUT2D eigenvalue weighted by molar-refractivity contribution is -0.113. The van der Waals surface area contributed by atoms with E-state index in [2.05, 4.69) is 15.3 Å². The van der Waals surface area contributed by atoms with Gasteiger partial charge in [0.05, 0.1) is 11.3 Å². The Hall–Kier alpha value is -1.99. The molecule has 3 N–H and O–H groups in total. The van der Waals surface area contributed by atoms with Crippen molar-refractivity contribution in [1.29, 1.82) is 0 Å². The average Bonchev–Trinajstić information content (AvgIpc) is 2.46. The molecule has 0 aliphatic rings. The average molecular weight is 354 g/mol. The van der Waals surface area contributed by atoms with Gasteiger partial charge < -0.3 is 15.4 Å². The van der Waals surface area contributed by atoms with E-state index in [1.807, 2.05) is 0 Å². The first kappa shape index (κ1) is 17.4. The van der Waals surface area contributed by atoms with Crippen LogP contribution in [0, 0.1) is 0 Å². The van der Waals surface area contributed by atoms with E-state index in [-0.39, 0.29) is 34.2 Å². The molecular formula is C15H16ClN3O3S. The summed E-state index contributed by atoms with van der Waals surface area (Å²) in [5.74, 6) is -0.651. The summed E-state index contributed by atoms with van der Waals surface area (Å²) in [6, 6.07) is 6.72. The number of anilines is 1. The maximum absolute atomic E-state index is 11.9. The van der Waals surface area contributed by atoms with E-state index in [1.54, 1.807) is 38.1 Å². The van der Waals surface area contributed by atoms with Crippen molar-refractivity contribution in [1.82, 2.24) is 9.97 Å². The molecule has 0 aliphatic heterocycles. The van der Waals surface area contributed by atoms with Gasteiger partial charge in [0.2, 0.25) is 11.8 Å². The van der Waals surface area contributed by atoms with Gasteiger partial charge in [0.1, 0.15) is 0 Å². The lowest BCUT2D eigenvalue weighted by atomic mass is 10.1. The number of rotatable bonds is 5. The number of hydrogen-bond donors (Lipinski definition) is 3. The van der Waals surface area contributed by atoms with Crippen molar-refractivity contribution in [2.24, 2.45) is 0 Å². The number of aromatic nitrogens is 2. The number of benzene rings is 1. The summed E-state index contributed by atoms with van der Waals surface area (Å²) < 4.78 is 0. The fourth-order valence-corrected chi connectivity index (χ4v) is 2.69. The third-order valence-corrected chi connectivity index (χ3v) is 4.08. The Balaban J connectivity index is 1.99. The number of H-pyrrole nitrogens is 1. The maximum atomic E-state index is 11.9. The molecule has 0 saturated heterocycles. The highest BCUT2D eigenvalue weighted by molar-refractivity contribution is 7.99. The lowest BCUT2D eigenvalue weighted by Crippen LogP contribution is -2.18. The van der Waals surface area contributed by atoms with Crippen LogP contribution in [0.3, 0.4) is 0 Å². The van der Waals surface area contributed by atoms with Gasteiger partial charge in [0.25, 0.3) is 5.56 Å². The van der Waals surface area contributed by atoms with Gasteiger partial charge in [-0.05, 0) is 30.2 Å². The van der Waals surface area contributed by atoms with Crippen molar-refractivity contribution < 1.29 is 9.90 Å². The highest BCUT2D eigenvalue weighted by Crippen LogP contribution is 2.22. The number of amides is 1. The van der Waals surface area contributed by atoms with Crippen LogP contribution in [0.25, 0.3) is 0 Å². The summed E-state index contributed by atoms with van der Waals surface area (Å²) in [6.07, 6.45) is 0. The van der Waals surface area contributed by atoms with Crippen LogP contribution in [-0.4, -0.2) is 26.7 Å². The van der Waals surface area contributed by atoms with E-state index in [4.69, 9.17) is 11.6 Å². The maximum Gasteiger partial charge on any atom is 0.258 e. The topological polar surface area (TPSA) is 95.1 Å². The van der Waals surface area contributed by atoms with E-state index >= 15 is 0 Å². The second kappa shape index (κ2) is 7.52. The Morgan fingerprint density at radius 1 is 1.39 bits per heavy atom. The molecule has 1 amide bonds. The monoisotopic (exact) mass is 353 g/mol. The van der Waals surface area contributed by atoms with Gasteiger partial charge in [-0.3, -0.25) is 9.59 Å². The number of carbonyl (C=O) groups is 1. The van der Waals surface area contributed by atoms with E-state index in [9.17, 15) is 14.7 Å². The van der Waals surface area contributed by atoms with Gasteiger partial charge in [-0.15, -0.1) is 0 Å². The highest BCUT2D eigenvalue weighted by Gasteiger charge is 2.15. The van der Waals surface area contributed by atoms with Crippen molar-refractivity contribution in [3.8, 4) is 5.88 Å². The van der Waals surface area contributed by atoms with Crippen LogP contribution in [-0.2, 0) is 4.79 Å². The van der Waals surface area contributed by atoms with Crippen LogP contribution in [0.15, 0.2) is 34.2 Å². The van der Waals surface area contributed by atoms with Gasteiger partial charge >= 0.3 is 0 Å². The van der Waals surface area contributed by atoms with Gasteiger partial charge in [0.15, 0.2) is 5.16 Å². The molecule has 2 rings (SSSR count). The van der Waals surface area contributed by atoms with Crippen LogP contribution >= 0.6 is 23.4 Å². The van der Waals surface area contributed by atoms with Gasteiger partial charge in [-0.1, -0.05) is 37.2 Å². The number of hydrogen-bond acceptors (Lipinski definition) is 5. The molecule has 0 bridgehead atoms. The van der Waals surface area contributed by atoms with E-state index < -0.39 is 5.56 Å². The molecule has 1 heterocycles. The standard InChI is InChI=1S/C15H16ClN3O3S/c1-8(2)12-13(21)18-15(19-14(12)22)23-7-11(20)17-10-5-3-9(16)4-6-10/h3-6,8H,7H2,1-2H3,(H,17,20)(H2,18,19,21,22). The Labute approximate surface area is 142 Å². The first-order valence-corrected chi connectivity index (χ1v) is 8.24. The van der Waals surface area contributed by atoms with Gasteiger partial charge in [-0.25, -0.2) is 0 Å². The molecule has 1 aromatic carbocycles. The second-order valence-corrected chi connectivity index (χ2v) is 6.51. The molecule has 1 aromatic heterocycles. The van der Waals surface area contributed by atoms with E-state index in [1.165, 1.54) is 0 Å². The minimum Gasteiger partial charge on any atom is -0.493 e. The molecule has 6 nitrogen and oxygen atoms in total. The summed E-state index contributed by atoms with van der Waals surface area (Å²) in [5.41, 5.74) is 0.465. The number of aromatic amines is 1. The summed E-state index contributed by atoms with van der Waals surface area (Å²) >= 11 is 6.81. The molecule has 0 saturated carbocycles. The molecule has 0 fully saturated rings. The first-order chi connectivity index (χ1) is 10.9. The summed E-state index contributed by atoms with van der Waals surface area (Å²) in [6.45, 7) is 3.58. The van der Waals surface area contributed by atoms with Crippen molar-refractivity contribution in [2.75, 3.05) is 11.1 Å². The van der Waals surface area contributed by atoms with Gasteiger partial charge in [0, 0.05) is 10.7 Å². The fraction of sp³-hybridized carbons (Fsp3) is 0.267. The zero-order chi connectivity index (χ0) is 17.0. The Morgan fingerprint density at radius 2 is 2.04 bits per heavy atom. The number of nitrogens with zero attached hydrogens (tertiary/aromatic N) is 1. The number of thioether (sulfide) groups is 1. The zero-order valence-electron chi connectivity index (χ0n) is 12.6. The lowest BCUT2D eigenvalue weighted by Gasteiger charge is -2.08. The molecule has 8 heteroatoms. The third kappa shape index (κ3) is 4.74. The number of nitrogens with one attached hydrogen (secondary N) is 2. The van der Waals surface area contributed by atoms with Crippen LogP contribution in [0.2, 0.25) is 5.02 Å². The molecule has 0 atom stereocenters. The minimum atomic E-state index is -0.395. The van der Waals surface area contributed by atoms with Crippen LogP contribution in [0.5, 0.6) is 5.88 Å². The highest BCUT2D eigenvalue weighted by atomic mass is 35.5. The van der Waals surface area contributed by atoms with Crippen molar-refractivity contribution in [3.05, 3.63) is 45.2 Å². The SMILES string of the molecule is CC(C)c1c(O)nc(SCC(=O)Nc2ccc(Cl)cc2)[nH]c1=O. The summed E-state index contributed by atoms with van der Waals surface area (Å²) in [4.78, 5) is 30.2. The predicted octanol–water partition coefficient (Wildman–Crippen LogP) is 2.98. The molecule has 2 aromatic rings. The smallest absolute Gasteiger partial charge is 0.258 e. The van der Waals surface area contributed by atoms with Crippen LogP contribution < -0.4 is 10.9 Å². The normalized spacial score (nSPS) is 10.8. The number of halogens is 1. The molecule has 0 spiro atoms. The van der Waals surface area contributed by atoms with Crippen LogP contribution in [0.4, 0.5) is 5.69 Å². The van der Waals surface area contributed by atoms with E-state index in [0.29, 0.717) is 10.7 Å². The molecule has 122 valence electrons. The predicted molar refractivity (Wildman–Crippen MR) is 91.4 cm³/mol. The molecular weight excluding hydrogens is 338 g/mol. The minimum absolute atomic E-state index is 0.0477. The Morgan fingerprint density at radius 3 is 2.61 bits per heavy atom. The number of aromatic hydroxyl groups is 1. The Bertz CT molecular complexity index is 760. The number of carbonyl (C=O) groups excluding carboxylic acids is 1. The Kier molecular flexibility index (Phi) is 5.68. The van der Waals surface area contributed by atoms with E-state index in [0.717, 1.165) is 11.8 Å². The van der Waals surface area contributed by atoms with Crippen molar-refractivity contribution in [2.45, 2.75) is 24.9 Å². The molecule has 0 radical (unpaired) electrons. The summed E-state index contributed by atoms with van der Waals surface area (Å²) in [5, 5.41) is 13.3. The second-order valence-electron chi connectivity index (χ2n) is 5.11. The van der Waals surface area contributed by atoms with Gasteiger partial charge in [-0.2, -0.15) is 4.98 Å². The van der Waals surface area contributed by atoms with Crippen molar-refractivity contribution in [3.63, 3.8) is 0 Å². The molecule has 23 heavy (non-hydrogen) atoms. The zero-order valence-corrected chi connectivity index (χ0v) is 14.2. The third-order valence-electron chi connectivity index (χ3n) is 2.96. The first-order valence-electron chi connectivity index (χ1n) is 6.88. The quantitative estimate of drug-likeness (QED) is 0.567.